The predicted molar refractivity (Wildman–Crippen MR) is 89.9 cm³/mol. The zero-order valence-electron chi connectivity index (χ0n) is 13.2. The lowest BCUT2D eigenvalue weighted by Crippen LogP contribution is -2.54. The maximum absolute atomic E-state index is 12.8. The summed E-state index contributed by atoms with van der Waals surface area (Å²) in [6.07, 6.45) is 8.35. The molecule has 1 heterocycles. The van der Waals surface area contributed by atoms with Crippen LogP contribution in [0.2, 0.25) is 0 Å². The van der Waals surface area contributed by atoms with E-state index in [0.717, 1.165) is 51.6 Å². The molecule has 3 unspecified atom stereocenters. The minimum atomic E-state index is -3.36. The van der Waals surface area contributed by atoms with Crippen LogP contribution in [0.25, 0.3) is 0 Å². The van der Waals surface area contributed by atoms with E-state index in [2.05, 4.69) is 23.2 Å². The minimum Gasteiger partial charge on any atom is -0.315 e. The molecule has 0 bridgehead atoms. The van der Waals surface area contributed by atoms with Gasteiger partial charge < -0.3 is 5.32 Å². The van der Waals surface area contributed by atoms with Crippen LogP contribution in [0.15, 0.2) is 0 Å². The molecule has 0 radical (unpaired) electrons. The van der Waals surface area contributed by atoms with E-state index in [1.165, 1.54) is 0 Å². The smallest absolute Gasteiger partial charge is 0.280 e. The second kappa shape index (κ2) is 8.15. The van der Waals surface area contributed by atoms with Gasteiger partial charge in [-0.3, -0.25) is 0 Å². The second-order valence-electron chi connectivity index (χ2n) is 6.00. The third kappa shape index (κ3) is 4.58. The normalized spacial score (nSPS) is 31.6. The van der Waals surface area contributed by atoms with E-state index in [9.17, 15) is 8.42 Å². The summed E-state index contributed by atoms with van der Waals surface area (Å²) < 4.78 is 30.2. The molecule has 3 atom stereocenters. The summed E-state index contributed by atoms with van der Waals surface area (Å²) in [6.45, 7) is 4.35. The van der Waals surface area contributed by atoms with Gasteiger partial charge in [0.25, 0.3) is 10.2 Å². The number of rotatable bonds is 7. The van der Waals surface area contributed by atoms with E-state index in [-0.39, 0.29) is 12.1 Å². The van der Waals surface area contributed by atoms with Gasteiger partial charge in [-0.1, -0.05) is 19.8 Å². The molecule has 0 aromatic heterocycles. The molecule has 7 heteroatoms. The van der Waals surface area contributed by atoms with Crippen molar-refractivity contribution in [1.29, 1.82) is 0 Å². The fraction of sp³-hybridized carbons (Fsp3) is 1.00. The Labute approximate surface area is 133 Å². The zero-order chi connectivity index (χ0) is 15.3. The lowest BCUT2D eigenvalue weighted by molar-refractivity contribution is 0.242. The molecule has 1 aliphatic carbocycles. The van der Waals surface area contributed by atoms with Crippen LogP contribution < -0.4 is 10.0 Å². The Hall–Kier alpha value is 0.180. The Morgan fingerprint density at radius 1 is 1.19 bits per heavy atom. The fourth-order valence-corrected chi connectivity index (χ4v) is 6.17. The average Bonchev–Trinajstić information content (AvgIpc) is 2.91. The van der Waals surface area contributed by atoms with Gasteiger partial charge in [0, 0.05) is 30.4 Å². The number of hydrogen-bond acceptors (Lipinski definition) is 4. The summed E-state index contributed by atoms with van der Waals surface area (Å²) in [4.78, 5) is 0. The van der Waals surface area contributed by atoms with Crippen LogP contribution in [0.4, 0.5) is 0 Å². The number of piperidine rings is 1. The molecule has 21 heavy (non-hydrogen) atoms. The van der Waals surface area contributed by atoms with Gasteiger partial charge >= 0.3 is 0 Å². The Bertz CT molecular complexity index is 416. The molecular formula is C14H29N3O2S2. The molecule has 1 saturated carbocycles. The van der Waals surface area contributed by atoms with Crippen molar-refractivity contribution in [2.45, 2.75) is 62.8 Å². The summed E-state index contributed by atoms with van der Waals surface area (Å²) >= 11 is 1.78. The van der Waals surface area contributed by atoms with Gasteiger partial charge in [0.2, 0.25) is 0 Å². The zero-order valence-corrected chi connectivity index (χ0v) is 14.8. The molecule has 1 saturated heterocycles. The summed E-state index contributed by atoms with van der Waals surface area (Å²) in [5.41, 5.74) is 0. The molecule has 5 nitrogen and oxygen atoms in total. The van der Waals surface area contributed by atoms with E-state index in [0.29, 0.717) is 11.8 Å². The highest BCUT2D eigenvalue weighted by molar-refractivity contribution is 7.99. The third-order valence-electron chi connectivity index (χ3n) is 4.57. The van der Waals surface area contributed by atoms with Gasteiger partial charge in [-0.2, -0.15) is 29.2 Å². The van der Waals surface area contributed by atoms with Crippen molar-refractivity contribution in [3.63, 3.8) is 0 Å². The van der Waals surface area contributed by atoms with Crippen molar-refractivity contribution >= 4 is 22.0 Å². The maximum Gasteiger partial charge on any atom is 0.280 e. The standard InChI is InChI=1S/C14H29N3O2S2/c1-3-15-11-12-7-4-5-10-17(12)21(18,19)16-13-8-6-9-14(13)20-2/h12-16H,3-11H2,1-2H3. The van der Waals surface area contributed by atoms with Crippen LogP contribution >= 0.6 is 11.8 Å². The first kappa shape index (κ1) is 17.5. The molecule has 124 valence electrons. The second-order valence-corrected chi connectivity index (χ2v) is 8.73. The van der Waals surface area contributed by atoms with E-state index in [1.54, 1.807) is 16.1 Å². The van der Waals surface area contributed by atoms with Gasteiger partial charge in [-0.05, 0) is 38.5 Å². The largest absolute Gasteiger partial charge is 0.315 e. The van der Waals surface area contributed by atoms with Crippen molar-refractivity contribution in [3.05, 3.63) is 0 Å². The minimum absolute atomic E-state index is 0.102. The Morgan fingerprint density at radius 2 is 2.00 bits per heavy atom. The Kier molecular flexibility index (Phi) is 6.80. The number of likely N-dealkylation sites (N-methyl/N-ethyl adjacent to an activating group) is 1. The summed E-state index contributed by atoms with van der Waals surface area (Å²) in [6, 6.07) is 0.206. The molecule has 0 aromatic carbocycles. The lowest BCUT2D eigenvalue weighted by atomic mass is 10.1. The lowest BCUT2D eigenvalue weighted by Gasteiger charge is -2.36. The Balaban J connectivity index is 2.01. The van der Waals surface area contributed by atoms with Crippen molar-refractivity contribution in [3.8, 4) is 0 Å². The molecule has 0 spiro atoms. The van der Waals surface area contributed by atoms with Crippen LogP contribution in [0.5, 0.6) is 0 Å². The molecule has 2 rings (SSSR count). The summed E-state index contributed by atoms with van der Waals surface area (Å²) in [5, 5.41) is 3.72. The predicted octanol–water partition coefficient (Wildman–Crippen LogP) is 1.57. The number of nitrogens with zero attached hydrogens (tertiary/aromatic N) is 1. The SMILES string of the molecule is CCNCC1CCCCN1S(=O)(=O)NC1CCCC1SC. The monoisotopic (exact) mass is 335 g/mol. The van der Waals surface area contributed by atoms with Crippen molar-refractivity contribution in [2.24, 2.45) is 0 Å². The summed E-state index contributed by atoms with van der Waals surface area (Å²) in [7, 11) is -3.36. The quantitative estimate of drug-likeness (QED) is 0.741. The van der Waals surface area contributed by atoms with Crippen molar-refractivity contribution < 1.29 is 8.42 Å². The fourth-order valence-electron chi connectivity index (χ4n) is 3.41. The van der Waals surface area contributed by atoms with E-state index in [1.807, 2.05) is 0 Å². The first-order valence-corrected chi connectivity index (χ1v) is 10.8. The number of thioether (sulfide) groups is 1. The molecule has 0 amide bonds. The Morgan fingerprint density at radius 3 is 2.71 bits per heavy atom. The van der Waals surface area contributed by atoms with Gasteiger partial charge in [-0.15, -0.1) is 0 Å². The van der Waals surface area contributed by atoms with Crippen molar-refractivity contribution in [2.75, 3.05) is 25.9 Å². The maximum atomic E-state index is 12.8. The van der Waals surface area contributed by atoms with Crippen LogP contribution in [-0.2, 0) is 10.2 Å². The van der Waals surface area contributed by atoms with Gasteiger partial charge in [0.05, 0.1) is 0 Å². The van der Waals surface area contributed by atoms with Gasteiger partial charge in [-0.25, -0.2) is 0 Å². The summed E-state index contributed by atoms with van der Waals surface area (Å²) in [5.74, 6) is 0. The number of hydrogen-bond donors (Lipinski definition) is 2. The molecule has 2 aliphatic rings. The van der Waals surface area contributed by atoms with Crippen LogP contribution in [0.1, 0.15) is 45.4 Å². The molecule has 2 N–H and O–H groups in total. The number of nitrogens with one attached hydrogen (secondary N) is 2. The van der Waals surface area contributed by atoms with E-state index < -0.39 is 10.2 Å². The van der Waals surface area contributed by atoms with Crippen LogP contribution in [0.3, 0.4) is 0 Å². The molecular weight excluding hydrogens is 306 g/mol. The van der Waals surface area contributed by atoms with Crippen LogP contribution in [-0.4, -0.2) is 55.9 Å². The highest BCUT2D eigenvalue weighted by atomic mass is 32.2. The molecule has 1 aliphatic heterocycles. The highest BCUT2D eigenvalue weighted by Gasteiger charge is 2.36. The van der Waals surface area contributed by atoms with Gasteiger partial charge in [0.1, 0.15) is 0 Å². The van der Waals surface area contributed by atoms with Crippen LogP contribution in [0, 0.1) is 0 Å². The first-order chi connectivity index (χ1) is 10.1. The average molecular weight is 336 g/mol. The third-order valence-corrected chi connectivity index (χ3v) is 7.44. The molecule has 2 fully saturated rings. The highest BCUT2D eigenvalue weighted by Crippen LogP contribution is 2.29. The van der Waals surface area contributed by atoms with Gasteiger partial charge in [0.15, 0.2) is 0 Å². The molecule has 0 aromatic rings. The van der Waals surface area contributed by atoms with E-state index >= 15 is 0 Å². The van der Waals surface area contributed by atoms with E-state index in [4.69, 9.17) is 0 Å². The topological polar surface area (TPSA) is 61.4 Å². The first-order valence-electron chi connectivity index (χ1n) is 8.11. The van der Waals surface area contributed by atoms with Crippen molar-refractivity contribution in [1.82, 2.24) is 14.3 Å².